The van der Waals surface area contributed by atoms with Crippen molar-refractivity contribution < 1.29 is 9.53 Å². The molecule has 30 heavy (non-hydrogen) atoms. The molecule has 0 bridgehead atoms. The molecule has 2 aromatic carbocycles. The molecule has 2 heterocycles. The van der Waals surface area contributed by atoms with Gasteiger partial charge in [0, 0.05) is 18.2 Å². The molecule has 1 aliphatic rings. The number of rotatable bonds is 6. The summed E-state index contributed by atoms with van der Waals surface area (Å²) in [6, 6.07) is 16.0. The van der Waals surface area contributed by atoms with Crippen LogP contribution < -0.4 is 15.5 Å². The molecule has 3 aromatic rings. The molecule has 0 saturated carbocycles. The highest BCUT2D eigenvalue weighted by Crippen LogP contribution is 2.34. The number of carbonyl (C=O) groups is 1. The Balaban J connectivity index is 1.46. The van der Waals surface area contributed by atoms with E-state index in [0.29, 0.717) is 17.4 Å². The molecule has 8 heteroatoms. The average Bonchev–Trinajstić information content (AvgIpc) is 3.27. The number of nitrogens with two attached hydrogens (primary N) is 1. The molecule has 1 aliphatic heterocycles. The number of nitrogen functional groups attached to an aromatic ring is 1. The van der Waals surface area contributed by atoms with Crippen molar-refractivity contribution in [1.82, 2.24) is 14.9 Å². The molecular formula is C22H25N5O2S. The van der Waals surface area contributed by atoms with Gasteiger partial charge >= 0.3 is 0 Å². The van der Waals surface area contributed by atoms with Gasteiger partial charge in [-0.3, -0.25) is 4.79 Å². The van der Waals surface area contributed by atoms with Crippen LogP contribution in [0.4, 0.5) is 5.69 Å². The van der Waals surface area contributed by atoms with E-state index in [1.54, 1.807) is 7.11 Å². The maximum atomic E-state index is 13.2. The summed E-state index contributed by atoms with van der Waals surface area (Å²) in [7, 11) is 1.64. The molecule has 4 rings (SSSR count). The highest BCUT2D eigenvalue weighted by Gasteiger charge is 2.34. The average molecular weight is 424 g/mol. The molecule has 0 saturated heterocycles. The SMILES string of the molecule is COc1ccc(Cc2nnc(S[C@H](C)C(=O)N3c4ccccc4C[C@H]3C)n2N)cc1. The third-order valence-electron chi connectivity index (χ3n) is 5.33. The molecular weight excluding hydrogens is 398 g/mol. The summed E-state index contributed by atoms with van der Waals surface area (Å²) in [5, 5.41) is 8.63. The number of para-hydroxylation sites is 1. The standard InChI is InChI=1S/C22H25N5O2S/c1-14-12-17-6-4-5-7-19(17)26(14)21(28)15(2)30-22-25-24-20(27(22)23)13-16-8-10-18(29-3)11-9-16/h4-11,14-15H,12-13,23H2,1-3H3/t14-,15-/m1/s1. The van der Waals surface area contributed by atoms with E-state index in [1.165, 1.54) is 22.0 Å². The number of methoxy groups -OCH3 is 1. The molecule has 2 N–H and O–H groups in total. The van der Waals surface area contributed by atoms with Crippen molar-refractivity contribution in [1.29, 1.82) is 0 Å². The zero-order chi connectivity index (χ0) is 21.3. The highest BCUT2D eigenvalue weighted by molar-refractivity contribution is 8.00. The smallest absolute Gasteiger partial charge is 0.240 e. The third kappa shape index (κ3) is 3.87. The Bertz CT molecular complexity index is 1050. The summed E-state index contributed by atoms with van der Waals surface area (Å²) in [5.74, 6) is 7.73. The zero-order valence-corrected chi connectivity index (χ0v) is 18.1. The molecule has 0 radical (unpaired) electrons. The van der Waals surface area contributed by atoms with E-state index in [2.05, 4.69) is 23.2 Å². The van der Waals surface area contributed by atoms with Crippen LogP contribution in [-0.4, -0.2) is 39.2 Å². The van der Waals surface area contributed by atoms with Crippen LogP contribution in [0.5, 0.6) is 5.75 Å². The van der Waals surface area contributed by atoms with E-state index in [1.807, 2.05) is 54.3 Å². The monoisotopic (exact) mass is 423 g/mol. The first-order valence-corrected chi connectivity index (χ1v) is 10.8. The van der Waals surface area contributed by atoms with E-state index in [-0.39, 0.29) is 17.2 Å². The Kier molecular flexibility index (Phi) is 5.67. The van der Waals surface area contributed by atoms with E-state index in [0.717, 1.165) is 23.4 Å². The molecule has 0 spiro atoms. The van der Waals surface area contributed by atoms with Gasteiger partial charge < -0.3 is 15.5 Å². The van der Waals surface area contributed by atoms with Gasteiger partial charge in [0.05, 0.1) is 12.4 Å². The van der Waals surface area contributed by atoms with Crippen LogP contribution in [0.3, 0.4) is 0 Å². The Morgan fingerprint density at radius 2 is 1.97 bits per heavy atom. The van der Waals surface area contributed by atoms with E-state index >= 15 is 0 Å². The molecule has 1 amide bonds. The summed E-state index contributed by atoms with van der Waals surface area (Å²) < 4.78 is 6.66. The van der Waals surface area contributed by atoms with Crippen molar-refractivity contribution in [2.45, 2.75) is 43.1 Å². The number of ether oxygens (including phenoxy) is 1. The Hall–Kier alpha value is -3.00. The van der Waals surface area contributed by atoms with Gasteiger partial charge in [-0.15, -0.1) is 10.2 Å². The van der Waals surface area contributed by atoms with Crippen molar-refractivity contribution in [3.8, 4) is 5.75 Å². The lowest BCUT2D eigenvalue weighted by Crippen LogP contribution is -2.40. The number of anilines is 1. The molecule has 0 fully saturated rings. The lowest BCUT2D eigenvalue weighted by molar-refractivity contribution is -0.118. The Morgan fingerprint density at radius 3 is 2.70 bits per heavy atom. The van der Waals surface area contributed by atoms with Crippen LogP contribution in [0, 0.1) is 0 Å². The van der Waals surface area contributed by atoms with Crippen LogP contribution in [0.2, 0.25) is 0 Å². The minimum atomic E-state index is -0.334. The van der Waals surface area contributed by atoms with Crippen molar-refractivity contribution in [3.05, 3.63) is 65.5 Å². The lowest BCUT2D eigenvalue weighted by Gasteiger charge is -2.25. The summed E-state index contributed by atoms with van der Waals surface area (Å²) in [6.45, 7) is 3.96. The summed E-state index contributed by atoms with van der Waals surface area (Å²) in [6.07, 6.45) is 1.42. The summed E-state index contributed by atoms with van der Waals surface area (Å²) in [4.78, 5) is 15.1. The second-order valence-corrected chi connectivity index (χ2v) is 8.75. The first-order valence-electron chi connectivity index (χ1n) is 9.88. The predicted molar refractivity (Wildman–Crippen MR) is 118 cm³/mol. The van der Waals surface area contributed by atoms with Gasteiger partial charge in [-0.05, 0) is 49.6 Å². The normalized spacial score (nSPS) is 16.4. The quantitative estimate of drug-likeness (QED) is 0.484. The van der Waals surface area contributed by atoms with Crippen LogP contribution in [0.25, 0.3) is 0 Å². The highest BCUT2D eigenvalue weighted by atomic mass is 32.2. The Labute approximate surface area is 180 Å². The maximum absolute atomic E-state index is 13.2. The minimum absolute atomic E-state index is 0.0529. The predicted octanol–water partition coefficient (Wildman–Crippen LogP) is 3.05. The lowest BCUT2D eigenvalue weighted by atomic mass is 10.1. The number of aromatic nitrogens is 3. The van der Waals surface area contributed by atoms with Gasteiger partial charge in [-0.1, -0.05) is 42.1 Å². The third-order valence-corrected chi connectivity index (χ3v) is 6.38. The zero-order valence-electron chi connectivity index (χ0n) is 17.3. The van der Waals surface area contributed by atoms with Crippen LogP contribution >= 0.6 is 11.8 Å². The van der Waals surface area contributed by atoms with Gasteiger partial charge in [-0.25, -0.2) is 4.68 Å². The molecule has 2 atom stereocenters. The number of nitrogens with zero attached hydrogens (tertiary/aromatic N) is 4. The van der Waals surface area contributed by atoms with Crippen molar-refractivity contribution in [2.75, 3.05) is 17.9 Å². The number of carbonyl (C=O) groups excluding carboxylic acids is 1. The van der Waals surface area contributed by atoms with Crippen molar-refractivity contribution in [2.24, 2.45) is 0 Å². The first kappa shape index (κ1) is 20.3. The fourth-order valence-corrected chi connectivity index (χ4v) is 4.58. The molecule has 0 aliphatic carbocycles. The van der Waals surface area contributed by atoms with Gasteiger partial charge in [0.2, 0.25) is 11.1 Å². The fourth-order valence-electron chi connectivity index (χ4n) is 3.74. The number of thioether (sulfide) groups is 1. The summed E-state index contributed by atoms with van der Waals surface area (Å²) >= 11 is 1.33. The Morgan fingerprint density at radius 1 is 1.23 bits per heavy atom. The molecule has 1 aromatic heterocycles. The first-order chi connectivity index (χ1) is 14.5. The largest absolute Gasteiger partial charge is 0.497 e. The van der Waals surface area contributed by atoms with Crippen LogP contribution in [-0.2, 0) is 17.6 Å². The van der Waals surface area contributed by atoms with Gasteiger partial charge in [-0.2, -0.15) is 0 Å². The number of benzene rings is 2. The van der Waals surface area contributed by atoms with E-state index in [9.17, 15) is 4.79 Å². The van der Waals surface area contributed by atoms with Crippen LogP contribution in [0.1, 0.15) is 30.8 Å². The van der Waals surface area contributed by atoms with E-state index in [4.69, 9.17) is 10.6 Å². The number of fused-ring (bicyclic) bond motifs is 1. The second-order valence-electron chi connectivity index (χ2n) is 7.44. The molecule has 156 valence electrons. The van der Waals surface area contributed by atoms with Crippen molar-refractivity contribution in [3.63, 3.8) is 0 Å². The van der Waals surface area contributed by atoms with E-state index < -0.39 is 0 Å². The van der Waals surface area contributed by atoms with Gasteiger partial charge in [0.15, 0.2) is 5.82 Å². The number of hydrogen-bond acceptors (Lipinski definition) is 6. The number of amides is 1. The van der Waals surface area contributed by atoms with Gasteiger partial charge in [0.25, 0.3) is 0 Å². The fraction of sp³-hybridized carbons (Fsp3) is 0.318. The summed E-state index contributed by atoms with van der Waals surface area (Å²) in [5.41, 5.74) is 3.26. The van der Waals surface area contributed by atoms with Crippen LogP contribution in [0.15, 0.2) is 53.7 Å². The second kappa shape index (κ2) is 8.39. The molecule has 7 nitrogen and oxygen atoms in total. The topological polar surface area (TPSA) is 86.3 Å². The van der Waals surface area contributed by atoms with Gasteiger partial charge in [0.1, 0.15) is 5.75 Å². The number of hydrogen-bond donors (Lipinski definition) is 1. The van der Waals surface area contributed by atoms with Crippen molar-refractivity contribution >= 4 is 23.4 Å². The molecule has 0 unspecified atom stereocenters. The maximum Gasteiger partial charge on any atom is 0.240 e. The minimum Gasteiger partial charge on any atom is -0.497 e.